The molecule has 0 aliphatic heterocycles. The van der Waals surface area contributed by atoms with Gasteiger partial charge in [0.15, 0.2) is 0 Å². The van der Waals surface area contributed by atoms with E-state index in [2.05, 4.69) is 10.2 Å². The Hall–Kier alpha value is -1.49. The van der Waals surface area contributed by atoms with Crippen LogP contribution in [0.15, 0.2) is 6.07 Å². The van der Waals surface area contributed by atoms with Crippen LogP contribution in [0.1, 0.15) is 47.9 Å². The average Bonchev–Trinajstić information content (AvgIpc) is 2.42. The van der Waals surface area contributed by atoms with Crippen LogP contribution < -0.4 is 5.73 Å². The summed E-state index contributed by atoms with van der Waals surface area (Å²) < 4.78 is 0. The summed E-state index contributed by atoms with van der Waals surface area (Å²) in [7, 11) is 1.83. The molecule has 19 heavy (non-hydrogen) atoms. The van der Waals surface area contributed by atoms with Crippen LogP contribution in [0, 0.1) is 6.92 Å². The third-order valence-electron chi connectivity index (χ3n) is 3.10. The molecule has 0 aliphatic rings. The Morgan fingerprint density at radius 2 is 2.05 bits per heavy atom. The maximum atomic E-state index is 12.4. The summed E-state index contributed by atoms with van der Waals surface area (Å²) in [6.07, 6.45) is 3.77. The van der Waals surface area contributed by atoms with Gasteiger partial charge in [0, 0.05) is 13.6 Å². The van der Waals surface area contributed by atoms with Gasteiger partial charge >= 0.3 is 0 Å². The van der Waals surface area contributed by atoms with E-state index in [1.54, 1.807) is 4.90 Å². The zero-order valence-electron chi connectivity index (χ0n) is 12.1. The lowest BCUT2D eigenvalue weighted by Crippen LogP contribution is -2.29. The minimum atomic E-state index is 0.0302. The van der Waals surface area contributed by atoms with Crippen LogP contribution >= 0.6 is 0 Å². The van der Waals surface area contributed by atoms with E-state index in [4.69, 9.17) is 5.73 Å². The smallest absolute Gasteiger partial charge is 0.255 e. The molecule has 5 nitrogen and oxygen atoms in total. The molecule has 1 heterocycles. The first kappa shape index (κ1) is 15.6. The quantitative estimate of drug-likeness (QED) is 0.758. The van der Waals surface area contributed by atoms with Crippen molar-refractivity contribution in [2.75, 3.05) is 20.1 Å². The summed E-state index contributed by atoms with van der Waals surface area (Å²) in [5.41, 5.74) is 7.68. The molecular weight excluding hydrogens is 240 g/mol. The normalized spacial score (nSPS) is 10.5. The Bertz CT molecular complexity index is 420. The maximum absolute atomic E-state index is 12.4. The molecule has 2 N–H and O–H groups in total. The van der Waals surface area contributed by atoms with Crippen molar-refractivity contribution in [2.24, 2.45) is 5.73 Å². The van der Waals surface area contributed by atoms with Crippen molar-refractivity contribution < 1.29 is 4.79 Å². The molecule has 1 aromatic rings. The standard InChI is InChI=1S/C14H24N4O/c1-4-13-12(10-11(2)16-17-13)14(19)18(3)9-7-5-6-8-15/h10H,4-9,15H2,1-3H3. The van der Waals surface area contributed by atoms with Crippen LogP contribution in [-0.4, -0.2) is 41.1 Å². The first-order chi connectivity index (χ1) is 9.10. The Labute approximate surface area is 115 Å². The molecular formula is C14H24N4O. The predicted molar refractivity (Wildman–Crippen MR) is 76.0 cm³/mol. The van der Waals surface area contributed by atoms with Gasteiger partial charge in [0.25, 0.3) is 5.91 Å². The van der Waals surface area contributed by atoms with E-state index in [-0.39, 0.29) is 5.91 Å². The van der Waals surface area contributed by atoms with Gasteiger partial charge in [-0.25, -0.2) is 0 Å². The van der Waals surface area contributed by atoms with Crippen molar-refractivity contribution in [2.45, 2.75) is 39.5 Å². The predicted octanol–water partition coefficient (Wildman–Crippen LogP) is 1.55. The van der Waals surface area contributed by atoms with Crippen molar-refractivity contribution >= 4 is 5.91 Å². The number of aromatic nitrogens is 2. The molecule has 0 aliphatic carbocycles. The third kappa shape index (κ3) is 4.59. The van der Waals surface area contributed by atoms with E-state index in [1.165, 1.54) is 0 Å². The van der Waals surface area contributed by atoms with Crippen LogP contribution in [0.4, 0.5) is 0 Å². The van der Waals surface area contributed by atoms with Gasteiger partial charge in [-0.3, -0.25) is 4.79 Å². The third-order valence-corrected chi connectivity index (χ3v) is 3.10. The number of nitrogens with zero attached hydrogens (tertiary/aromatic N) is 3. The summed E-state index contributed by atoms with van der Waals surface area (Å²) in [6.45, 7) is 5.30. The maximum Gasteiger partial charge on any atom is 0.255 e. The van der Waals surface area contributed by atoms with Gasteiger partial charge in [-0.05, 0) is 38.8 Å². The molecule has 5 heteroatoms. The highest BCUT2D eigenvalue weighted by atomic mass is 16.2. The Kier molecular flexibility index (Phi) is 6.42. The fourth-order valence-electron chi connectivity index (χ4n) is 1.94. The highest BCUT2D eigenvalue weighted by molar-refractivity contribution is 5.95. The molecule has 0 unspecified atom stereocenters. The molecule has 0 atom stereocenters. The molecule has 0 radical (unpaired) electrons. The molecule has 1 rings (SSSR count). The van der Waals surface area contributed by atoms with Gasteiger partial charge in [0.05, 0.1) is 17.0 Å². The van der Waals surface area contributed by atoms with Gasteiger partial charge in [0.1, 0.15) is 0 Å². The van der Waals surface area contributed by atoms with Gasteiger partial charge < -0.3 is 10.6 Å². The molecule has 0 fully saturated rings. The first-order valence-electron chi connectivity index (χ1n) is 6.88. The van der Waals surface area contributed by atoms with Crippen LogP contribution in [0.5, 0.6) is 0 Å². The summed E-state index contributed by atoms with van der Waals surface area (Å²) in [5.74, 6) is 0.0302. The zero-order valence-corrected chi connectivity index (χ0v) is 12.1. The largest absolute Gasteiger partial charge is 0.342 e. The zero-order chi connectivity index (χ0) is 14.3. The van der Waals surface area contributed by atoms with Gasteiger partial charge in [0.2, 0.25) is 0 Å². The van der Waals surface area contributed by atoms with Crippen molar-refractivity contribution in [3.8, 4) is 0 Å². The minimum absolute atomic E-state index is 0.0302. The van der Waals surface area contributed by atoms with E-state index in [0.29, 0.717) is 12.1 Å². The van der Waals surface area contributed by atoms with E-state index >= 15 is 0 Å². The number of rotatable bonds is 7. The van der Waals surface area contributed by atoms with Crippen molar-refractivity contribution in [1.29, 1.82) is 0 Å². The number of amides is 1. The summed E-state index contributed by atoms with van der Waals surface area (Å²) in [5, 5.41) is 8.10. The fourth-order valence-corrected chi connectivity index (χ4v) is 1.94. The number of nitrogens with two attached hydrogens (primary N) is 1. The average molecular weight is 264 g/mol. The Balaban J connectivity index is 2.68. The second-order valence-electron chi connectivity index (χ2n) is 4.78. The molecule has 0 saturated heterocycles. The number of aryl methyl sites for hydroxylation is 2. The monoisotopic (exact) mass is 264 g/mol. The van der Waals surface area contributed by atoms with E-state index in [9.17, 15) is 4.79 Å². The number of hydrogen-bond acceptors (Lipinski definition) is 4. The summed E-state index contributed by atoms with van der Waals surface area (Å²) >= 11 is 0. The summed E-state index contributed by atoms with van der Waals surface area (Å²) in [4.78, 5) is 14.1. The molecule has 1 aromatic heterocycles. The molecule has 0 aromatic carbocycles. The van der Waals surface area contributed by atoms with Gasteiger partial charge in [-0.15, -0.1) is 0 Å². The Morgan fingerprint density at radius 1 is 1.32 bits per heavy atom. The number of hydrogen-bond donors (Lipinski definition) is 1. The van der Waals surface area contributed by atoms with E-state index in [1.807, 2.05) is 27.0 Å². The first-order valence-corrected chi connectivity index (χ1v) is 6.88. The highest BCUT2D eigenvalue weighted by Crippen LogP contribution is 2.11. The molecule has 106 valence electrons. The lowest BCUT2D eigenvalue weighted by atomic mass is 10.1. The minimum Gasteiger partial charge on any atom is -0.342 e. The van der Waals surface area contributed by atoms with E-state index < -0.39 is 0 Å². The second kappa shape index (κ2) is 7.84. The lowest BCUT2D eigenvalue weighted by Gasteiger charge is -2.18. The van der Waals surface area contributed by atoms with Crippen LogP contribution in [0.3, 0.4) is 0 Å². The van der Waals surface area contributed by atoms with Crippen molar-refractivity contribution in [3.63, 3.8) is 0 Å². The molecule has 1 amide bonds. The number of carbonyl (C=O) groups is 1. The molecule has 0 saturated carbocycles. The lowest BCUT2D eigenvalue weighted by molar-refractivity contribution is 0.0790. The fraction of sp³-hybridized carbons (Fsp3) is 0.643. The van der Waals surface area contributed by atoms with Gasteiger partial charge in [-0.2, -0.15) is 10.2 Å². The number of unbranched alkanes of at least 4 members (excludes halogenated alkanes) is 2. The van der Waals surface area contributed by atoms with Crippen molar-refractivity contribution in [1.82, 2.24) is 15.1 Å². The topological polar surface area (TPSA) is 72.1 Å². The second-order valence-corrected chi connectivity index (χ2v) is 4.78. The van der Waals surface area contributed by atoms with E-state index in [0.717, 1.165) is 43.6 Å². The van der Waals surface area contributed by atoms with Crippen molar-refractivity contribution in [3.05, 3.63) is 23.0 Å². The molecule has 0 bridgehead atoms. The van der Waals surface area contributed by atoms with Crippen LogP contribution in [-0.2, 0) is 6.42 Å². The van der Waals surface area contributed by atoms with Crippen LogP contribution in [0.2, 0.25) is 0 Å². The van der Waals surface area contributed by atoms with Crippen LogP contribution in [0.25, 0.3) is 0 Å². The summed E-state index contributed by atoms with van der Waals surface area (Å²) in [6, 6.07) is 1.82. The molecule has 0 spiro atoms. The highest BCUT2D eigenvalue weighted by Gasteiger charge is 2.16. The SMILES string of the molecule is CCc1nnc(C)cc1C(=O)N(C)CCCCCN. The van der Waals surface area contributed by atoms with Gasteiger partial charge in [-0.1, -0.05) is 13.3 Å². The Morgan fingerprint density at radius 3 is 2.68 bits per heavy atom. The number of carbonyl (C=O) groups excluding carboxylic acids is 1.